The Morgan fingerprint density at radius 2 is 1.83 bits per heavy atom. The minimum Gasteiger partial charge on any atom is -0.493 e. The van der Waals surface area contributed by atoms with Crippen molar-refractivity contribution < 1.29 is 14.2 Å². The molecule has 7 nitrogen and oxygen atoms in total. The average molecular weight is 421 g/mol. The number of ether oxygens (including phenoxy) is 3. The van der Waals surface area contributed by atoms with E-state index >= 15 is 0 Å². The summed E-state index contributed by atoms with van der Waals surface area (Å²) in [6.45, 7) is 11.8. The third kappa shape index (κ3) is 8.40. The first-order valence-electron chi connectivity index (χ1n) is 11.2. The lowest BCUT2D eigenvalue weighted by Gasteiger charge is -2.35. The van der Waals surface area contributed by atoms with Gasteiger partial charge in [0.2, 0.25) is 0 Å². The first kappa shape index (κ1) is 24.3. The summed E-state index contributed by atoms with van der Waals surface area (Å²) in [5.41, 5.74) is 1.25. The van der Waals surface area contributed by atoms with Crippen molar-refractivity contribution >= 4 is 5.96 Å². The number of nitrogens with zero attached hydrogens (tertiary/aromatic N) is 2. The fourth-order valence-corrected chi connectivity index (χ4v) is 3.84. The van der Waals surface area contributed by atoms with E-state index in [9.17, 15) is 0 Å². The second-order valence-corrected chi connectivity index (χ2v) is 7.82. The van der Waals surface area contributed by atoms with E-state index in [0.717, 1.165) is 69.4 Å². The zero-order chi connectivity index (χ0) is 21.8. The Kier molecular flexibility index (Phi) is 10.8. The van der Waals surface area contributed by atoms with Crippen LogP contribution in [0.3, 0.4) is 0 Å². The summed E-state index contributed by atoms with van der Waals surface area (Å²) >= 11 is 0. The highest BCUT2D eigenvalue weighted by Gasteiger charge is 2.21. The summed E-state index contributed by atoms with van der Waals surface area (Å²) in [5, 5.41) is 6.82. The Bertz CT molecular complexity index is 643. The minimum atomic E-state index is 0.325. The standard InChI is InChI=1S/C23H40N4O3/c1-6-29-22-15-20(10-11-21(22)28-5)9-7-12-25-23(24-4)26-13-8-14-27-16-18(2)30-19(3)17-27/h10-11,15,18-19H,6-9,12-14,16-17H2,1-5H3,(H2,24,25,26). The molecule has 170 valence electrons. The number of hydrogen-bond donors (Lipinski definition) is 2. The predicted octanol–water partition coefficient (Wildman–Crippen LogP) is 2.69. The van der Waals surface area contributed by atoms with Gasteiger partial charge in [0.15, 0.2) is 17.5 Å². The molecule has 1 aromatic carbocycles. The lowest BCUT2D eigenvalue weighted by Crippen LogP contribution is -2.46. The summed E-state index contributed by atoms with van der Waals surface area (Å²) < 4.78 is 16.8. The third-order valence-electron chi connectivity index (χ3n) is 5.12. The number of methoxy groups -OCH3 is 1. The van der Waals surface area contributed by atoms with Gasteiger partial charge in [-0.25, -0.2) is 0 Å². The highest BCUT2D eigenvalue weighted by molar-refractivity contribution is 5.79. The molecule has 2 atom stereocenters. The molecule has 0 aromatic heterocycles. The van der Waals surface area contributed by atoms with Crippen molar-refractivity contribution in [2.24, 2.45) is 4.99 Å². The molecule has 1 fully saturated rings. The van der Waals surface area contributed by atoms with Gasteiger partial charge in [0.05, 0.1) is 25.9 Å². The summed E-state index contributed by atoms with van der Waals surface area (Å²) in [5.74, 6) is 2.46. The maximum Gasteiger partial charge on any atom is 0.190 e. The smallest absolute Gasteiger partial charge is 0.190 e. The summed E-state index contributed by atoms with van der Waals surface area (Å²) in [6, 6.07) is 6.15. The van der Waals surface area contributed by atoms with Crippen LogP contribution in [0.4, 0.5) is 0 Å². The second kappa shape index (κ2) is 13.3. The van der Waals surface area contributed by atoms with Gasteiger partial charge in [0, 0.05) is 39.8 Å². The number of nitrogens with one attached hydrogen (secondary N) is 2. The molecule has 0 amide bonds. The van der Waals surface area contributed by atoms with Crippen LogP contribution in [-0.4, -0.2) is 76.6 Å². The predicted molar refractivity (Wildman–Crippen MR) is 123 cm³/mol. The van der Waals surface area contributed by atoms with Crippen LogP contribution >= 0.6 is 0 Å². The number of aliphatic imine (C=N–C) groups is 1. The number of aryl methyl sites for hydroxylation is 1. The van der Waals surface area contributed by atoms with Crippen molar-refractivity contribution in [3.63, 3.8) is 0 Å². The minimum absolute atomic E-state index is 0.325. The molecule has 2 rings (SSSR count). The maximum atomic E-state index is 5.80. The molecule has 1 aromatic rings. The average Bonchev–Trinajstić information content (AvgIpc) is 2.72. The molecule has 2 unspecified atom stereocenters. The Morgan fingerprint density at radius 3 is 2.47 bits per heavy atom. The maximum absolute atomic E-state index is 5.80. The number of rotatable bonds is 11. The van der Waals surface area contributed by atoms with E-state index in [4.69, 9.17) is 14.2 Å². The van der Waals surface area contributed by atoms with E-state index < -0.39 is 0 Å². The fraction of sp³-hybridized carbons (Fsp3) is 0.696. The van der Waals surface area contributed by atoms with Crippen LogP contribution in [0.1, 0.15) is 39.2 Å². The van der Waals surface area contributed by atoms with Crippen LogP contribution in [0.25, 0.3) is 0 Å². The molecule has 1 saturated heterocycles. The molecule has 1 aliphatic heterocycles. The Hall–Kier alpha value is -1.99. The van der Waals surface area contributed by atoms with Gasteiger partial charge in [0.25, 0.3) is 0 Å². The van der Waals surface area contributed by atoms with Gasteiger partial charge >= 0.3 is 0 Å². The van der Waals surface area contributed by atoms with Gasteiger partial charge < -0.3 is 24.8 Å². The van der Waals surface area contributed by atoms with E-state index in [2.05, 4.69) is 46.5 Å². The van der Waals surface area contributed by atoms with Gasteiger partial charge in [0.1, 0.15) is 0 Å². The van der Waals surface area contributed by atoms with Crippen molar-refractivity contribution in [2.45, 2.75) is 52.2 Å². The van der Waals surface area contributed by atoms with Crippen molar-refractivity contribution in [2.75, 3.05) is 53.5 Å². The van der Waals surface area contributed by atoms with E-state index in [1.165, 1.54) is 5.56 Å². The molecule has 0 saturated carbocycles. The van der Waals surface area contributed by atoms with Crippen LogP contribution in [0.5, 0.6) is 11.5 Å². The normalized spacial score (nSPS) is 20.1. The van der Waals surface area contributed by atoms with Gasteiger partial charge in [-0.15, -0.1) is 0 Å². The molecule has 30 heavy (non-hydrogen) atoms. The monoisotopic (exact) mass is 420 g/mol. The lowest BCUT2D eigenvalue weighted by atomic mass is 10.1. The molecule has 1 heterocycles. The first-order valence-corrected chi connectivity index (χ1v) is 11.2. The molecule has 0 bridgehead atoms. The van der Waals surface area contributed by atoms with Crippen LogP contribution in [-0.2, 0) is 11.2 Å². The highest BCUT2D eigenvalue weighted by Crippen LogP contribution is 2.28. The summed E-state index contributed by atoms with van der Waals surface area (Å²) in [4.78, 5) is 6.81. The first-order chi connectivity index (χ1) is 14.5. The van der Waals surface area contributed by atoms with Gasteiger partial charge in [-0.2, -0.15) is 0 Å². The molecule has 1 aliphatic rings. The number of guanidine groups is 1. The van der Waals surface area contributed by atoms with E-state index in [1.54, 1.807) is 7.11 Å². The van der Waals surface area contributed by atoms with Gasteiger partial charge in [-0.05, 0) is 57.7 Å². The number of benzene rings is 1. The summed E-state index contributed by atoms with van der Waals surface area (Å²) in [7, 11) is 3.49. The van der Waals surface area contributed by atoms with E-state index in [-0.39, 0.29) is 0 Å². The van der Waals surface area contributed by atoms with Crippen LogP contribution in [0, 0.1) is 0 Å². The molecule has 0 aliphatic carbocycles. The fourth-order valence-electron chi connectivity index (χ4n) is 3.84. The summed E-state index contributed by atoms with van der Waals surface area (Å²) in [6.07, 6.45) is 3.73. The molecule has 0 radical (unpaired) electrons. The SMILES string of the molecule is CCOc1cc(CCCNC(=NC)NCCCN2CC(C)OC(C)C2)ccc1OC. The second-order valence-electron chi connectivity index (χ2n) is 7.82. The zero-order valence-corrected chi connectivity index (χ0v) is 19.4. The van der Waals surface area contributed by atoms with Crippen molar-refractivity contribution in [3.05, 3.63) is 23.8 Å². The van der Waals surface area contributed by atoms with Crippen molar-refractivity contribution in [1.29, 1.82) is 0 Å². The van der Waals surface area contributed by atoms with E-state index in [0.29, 0.717) is 18.8 Å². The van der Waals surface area contributed by atoms with Gasteiger partial charge in [-0.1, -0.05) is 6.07 Å². The Balaban J connectivity index is 1.63. The van der Waals surface area contributed by atoms with E-state index in [1.807, 2.05) is 20.0 Å². The van der Waals surface area contributed by atoms with Crippen LogP contribution < -0.4 is 20.1 Å². The largest absolute Gasteiger partial charge is 0.493 e. The molecule has 0 spiro atoms. The van der Waals surface area contributed by atoms with Crippen LogP contribution in [0.15, 0.2) is 23.2 Å². The quantitative estimate of drug-likeness (QED) is 0.326. The van der Waals surface area contributed by atoms with Gasteiger partial charge in [-0.3, -0.25) is 9.89 Å². The molecular weight excluding hydrogens is 380 g/mol. The van der Waals surface area contributed by atoms with Crippen LogP contribution in [0.2, 0.25) is 0 Å². The lowest BCUT2D eigenvalue weighted by molar-refractivity contribution is -0.0679. The Morgan fingerprint density at radius 1 is 1.13 bits per heavy atom. The number of hydrogen-bond acceptors (Lipinski definition) is 5. The highest BCUT2D eigenvalue weighted by atomic mass is 16.5. The topological polar surface area (TPSA) is 67.4 Å². The number of morpholine rings is 1. The van der Waals surface area contributed by atoms with Crippen molar-refractivity contribution in [1.82, 2.24) is 15.5 Å². The molecule has 7 heteroatoms. The third-order valence-corrected chi connectivity index (χ3v) is 5.12. The molecule has 2 N–H and O–H groups in total. The molecular formula is C23H40N4O3. The van der Waals surface area contributed by atoms with Crippen molar-refractivity contribution in [3.8, 4) is 11.5 Å². The zero-order valence-electron chi connectivity index (χ0n) is 19.4. The Labute approximate surface area is 182 Å².